The summed E-state index contributed by atoms with van der Waals surface area (Å²) in [7, 11) is 1.24. The third-order valence-electron chi connectivity index (χ3n) is 2.57. The summed E-state index contributed by atoms with van der Waals surface area (Å²) in [4.78, 5) is 11.8. The van der Waals surface area contributed by atoms with Crippen molar-refractivity contribution in [2.24, 2.45) is 5.92 Å². The number of benzene rings is 1. The molecule has 0 heterocycles. The molecule has 1 rings (SSSR count). The van der Waals surface area contributed by atoms with E-state index in [1.165, 1.54) is 7.11 Å². The molecule has 0 aromatic heterocycles. The highest BCUT2D eigenvalue weighted by molar-refractivity contribution is 9.10. The van der Waals surface area contributed by atoms with Crippen molar-refractivity contribution in [2.75, 3.05) is 11.4 Å². The quantitative estimate of drug-likeness (QED) is 0.604. The molecule has 1 aromatic carbocycles. The maximum Gasteiger partial charge on any atom is 0.329 e. The summed E-state index contributed by atoms with van der Waals surface area (Å²) in [6.07, 6.45) is 0. The highest BCUT2D eigenvalue weighted by atomic mass is 79.9. The van der Waals surface area contributed by atoms with Gasteiger partial charge in [0.05, 0.1) is 7.11 Å². The number of ether oxygens (including phenoxy) is 1. The van der Waals surface area contributed by atoms with Crippen molar-refractivity contribution in [1.29, 1.82) is 0 Å². The van der Waals surface area contributed by atoms with Crippen LogP contribution in [-0.4, -0.2) is 27.9 Å². The van der Waals surface area contributed by atoms with E-state index in [-0.39, 0.29) is 5.92 Å². The van der Waals surface area contributed by atoms with Crippen molar-refractivity contribution in [3.63, 3.8) is 0 Å². The summed E-state index contributed by atoms with van der Waals surface area (Å²) in [6, 6.07) is 5.79. The second-order valence-corrected chi connectivity index (χ2v) is 5.97. The maximum atomic E-state index is 11.8. The zero-order chi connectivity index (χ0) is 14.6. The van der Waals surface area contributed by atoms with E-state index in [1.807, 2.05) is 0 Å². The Morgan fingerprint density at radius 3 is 2.26 bits per heavy atom. The van der Waals surface area contributed by atoms with Gasteiger partial charge in [-0.1, -0.05) is 29.8 Å². The van der Waals surface area contributed by atoms with Crippen LogP contribution < -0.4 is 4.31 Å². The Hall–Kier alpha value is -0.920. The van der Waals surface area contributed by atoms with Crippen molar-refractivity contribution in [2.45, 2.75) is 19.9 Å². The maximum absolute atomic E-state index is 11.8. The largest absolute Gasteiger partial charge is 0.755 e. The van der Waals surface area contributed by atoms with Crippen LogP contribution in [0.3, 0.4) is 0 Å². The second kappa shape index (κ2) is 7.02. The average molecular weight is 349 g/mol. The van der Waals surface area contributed by atoms with Crippen LogP contribution >= 0.6 is 15.9 Å². The number of carbonyl (C=O) groups is 1. The Labute approximate surface area is 123 Å². The Morgan fingerprint density at radius 2 is 1.89 bits per heavy atom. The summed E-state index contributed by atoms with van der Waals surface area (Å²) >= 11 is 0.709. The third kappa shape index (κ3) is 4.02. The van der Waals surface area contributed by atoms with Crippen LogP contribution in [0.1, 0.15) is 13.8 Å². The topological polar surface area (TPSA) is 69.7 Å². The number of rotatable bonds is 5. The third-order valence-corrected chi connectivity index (χ3v) is 3.86. The van der Waals surface area contributed by atoms with Gasteiger partial charge in [-0.15, -0.1) is 0 Å². The van der Waals surface area contributed by atoms with Crippen LogP contribution in [0.5, 0.6) is 0 Å². The van der Waals surface area contributed by atoms with Crippen LogP contribution in [-0.2, 0) is 20.8 Å². The van der Waals surface area contributed by atoms with E-state index in [0.717, 1.165) is 8.78 Å². The van der Waals surface area contributed by atoms with Gasteiger partial charge in [-0.2, -0.15) is 0 Å². The predicted molar refractivity (Wildman–Crippen MR) is 76.2 cm³/mol. The molecule has 7 heteroatoms. The minimum atomic E-state index is -2.57. The Kier molecular flexibility index (Phi) is 5.96. The number of methoxy groups -OCH3 is 1. The van der Waals surface area contributed by atoms with E-state index >= 15 is 0 Å². The molecule has 106 valence electrons. The molecule has 0 fully saturated rings. The minimum Gasteiger partial charge on any atom is -0.755 e. The van der Waals surface area contributed by atoms with Gasteiger partial charge in [-0.25, -0.2) is 4.79 Å². The lowest BCUT2D eigenvalue weighted by Gasteiger charge is -2.34. The SMILES string of the molecule is COC(=O)C(C(C)C)N(c1ccc(Br)cc1)S(=O)[O-]. The molecule has 2 unspecified atom stereocenters. The molecule has 19 heavy (non-hydrogen) atoms. The Morgan fingerprint density at radius 1 is 1.37 bits per heavy atom. The number of nitrogens with zero attached hydrogens (tertiary/aromatic N) is 1. The Balaban J connectivity index is 3.21. The standard InChI is InChI=1S/C12H16BrNO4S/c1-8(2)11(12(15)18-3)14(19(16)17)10-6-4-9(13)5-7-10/h4-8,11H,1-3H3,(H,16,17)/p-1. The zero-order valence-corrected chi connectivity index (χ0v) is 13.2. The normalized spacial score (nSPS) is 14.0. The van der Waals surface area contributed by atoms with Crippen molar-refractivity contribution in [3.8, 4) is 0 Å². The van der Waals surface area contributed by atoms with Crippen LogP contribution in [0.25, 0.3) is 0 Å². The van der Waals surface area contributed by atoms with Gasteiger partial charge in [0, 0.05) is 21.4 Å². The van der Waals surface area contributed by atoms with E-state index in [1.54, 1.807) is 38.1 Å². The molecule has 0 radical (unpaired) electrons. The van der Waals surface area contributed by atoms with E-state index in [4.69, 9.17) is 0 Å². The molecule has 0 aliphatic carbocycles. The highest BCUT2D eigenvalue weighted by Gasteiger charge is 2.31. The lowest BCUT2D eigenvalue weighted by atomic mass is 10.0. The number of carbonyl (C=O) groups excluding carboxylic acids is 1. The number of anilines is 1. The molecule has 0 N–H and O–H groups in total. The molecule has 0 amide bonds. The molecule has 0 saturated heterocycles. The van der Waals surface area contributed by atoms with Gasteiger partial charge in [0.2, 0.25) is 0 Å². The van der Waals surface area contributed by atoms with Crippen molar-refractivity contribution in [3.05, 3.63) is 28.7 Å². The molecule has 0 bridgehead atoms. The fourth-order valence-electron chi connectivity index (χ4n) is 1.69. The van der Waals surface area contributed by atoms with E-state index in [2.05, 4.69) is 20.7 Å². The molecule has 0 aliphatic rings. The fraction of sp³-hybridized carbons (Fsp3) is 0.417. The van der Waals surface area contributed by atoms with Gasteiger partial charge < -0.3 is 9.29 Å². The summed E-state index contributed by atoms with van der Waals surface area (Å²) < 4.78 is 29.5. The van der Waals surface area contributed by atoms with Crippen LogP contribution in [0.15, 0.2) is 28.7 Å². The first kappa shape index (κ1) is 16.1. The monoisotopic (exact) mass is 348 g/mol. The highest BCUT2D eigenvalue weighted by Crippen LogP contribution is 2.25. The number of hydrogen-bond acceptors (Lipinski definition) is 4. The molecule has 5 nitrogen and oxygen atoms in total. The predicted octanol–water partition coefficient (Wildman–Crippen LogP) is 2.25. The fourth-order valence-corrected chi connectivity index (χ4v) is 2.76. The summed E-state index contributed by atoms with van der Waals surface area (Å²) in [5.74, 6) is -0.795. The molecule has 0 saturated carbocycles. The lowest BCUT2D eigenvalue weighted by molar-refractivity contribution is -0.142. The first-order valence-electron chi connectivity index (χ1n) is 5.60. The summed E-state index contributed by atoms with van der Waals surface area (Å²) in [6.45, 7) is 3.53. The number of halogens is 1. The summed E-state index contributed by atoms with van der Waals surface area (Å²) in [5.41, 5.74) is 0.417. The molecule has 0 spiro atoms. The van der Waals surface area contributed by atoms with Gasteiger partial charge in [0.25, 0.3) is 0 Å². The van der Waals surface area contributed by atoms with E-state index in [9.17, 15) is 13.6 Å². The van der Waals surface area contributed by atoms with Gasteiger partial charge in [-0.05, 0) is 30.2 Å². The molecular formula is C12H15BrNO4S-. The van der Waals surface area contributed by atoms with Crippen LogP contribution in [0.2, 0.25) is 0 Å². The van der Waals surface area contributed by atoms with Crippen LogP contribution in [0, 0.1) is 5.92 Å². The molecule has 1 aromatic rings. The number of esters is 1. The first-order chi connectivity index (χ1) is 8.88. The van der Waals surface area contributed by atoms with Crippen molar-refractivity contribution < 1.29 is 18.3 Å². The van der Waals surface area contributed by atoms with E-state index in [0.29, 0.717) is 5.69 Å². The van der Waals surface area contributed by atoms with Crippen molar-refractivity contribution >= 4 is 38.9 Å². The Bertz CT molecular complexity index is 463. The average Bonchev–Trinajstić information content (AvgIpc) is 2.35. The van der Waals surface area contributed by atoms with E-state index < -0.39 is 23.3 Å². The van der Waals surface area contributed by atoms with Crippen molar-refractivity contribution in [1.82, 2.24) is 0 Å². The first-order valence-corrected chi connectivity index (χ1v) is 7.43. The summed E-state index contributed by atoms with van der Waals surface area (Å²) in [5, 5.41) is 0. The molecule has 0 aliphatic heterocycles. The second-order valence-electron chi connectivity index (χ2n) is 4.23. The van der Waals surface area contributed by atoms with Gasteiger partial charge >= 0.3 is 5.97 Å². The van der Waals surface area contributed by atoms with Crippen LogP contribution in [0.4, 0.5) is 5.69 Å². The molecule has 2 atom stereocenters. The molecular weight excluding hydrogens is 334 g/mol. The lowest BCUT2D eigenvalue weighted by Crippen LogP contribution is -2.46. The number of hydrogen-bond donors (Lipinski definition) is 0. The zero-order valence-electron chi connectivity index (χ0n) is 10.8. The minimum absolute atomic E-state index is 0.214. The van der Waals surface area contributed by atoms with Gasteiger partial charge in [0.15, 0.2) is 0 Å². The van der Waals surface area contributed by atoms with Gasteiger partial charge in [-0.3, -0.25) is 8.51 Å². The smallest absolute Gasteiger partial charge is 0.329 e. The van der Waals surface area contributed by atoms with Gasteiger partial charge in [0.1, 0.15) is 6.04 Å².